The van der Waals surface area contributed by atoms with Crippen molar-refractivity contribution in [2.75, 3.05) is 4.90 Å². The van der Waals surface area contributed by atoms with Crippen LogP contribution in [0.2, 0.25) is 0 Å². The zero-order chi connectivity index (χ0) is 21.1. The van der Waals surface area contributed by atoms with Crippen molar-refractivity contribution < 1.29 is 24.3 Å². The van der Waals surface area contributed by atoms with Gasteiger partial charge in [0.15, 0.2) is 0 Å². The molecule has 2 aromatic rings. The maximum atomic E-state index is 12.9. The first-order valence-electron chi connectivity index (χ1n) is 9.16. The fourth-order valence-corrected chi connectivity index (χ4v) is 2.97. The van der Waals surface area contributed by atoms with E-state index < -0.39 is 23.8 Å². The summed E-state index contributed by atoms with van der Waals surface area (Å²) >= 11 is 0. The van der Waals surface area contributed by atoms with Gasteiger partial charge in [-0.15, -0.1) is 0 Å². The molecule has 3 rings (SSSR count). The van der Waals surface area contributed by atoms with Crippen molar-refractivity contribution in [1.29, 1.82) is 0 Å². The Kier molecular flexibility index (Phi) is 5.59. The molecule has 2 aromatic carbocycles. The Morgan fingerprint density at radius 3 is 2.24 bits per heavy atom. The Hall–Kier alpha value is -3.74. The summed E-state index contributed by atoms with van der Waals surface area (Å²) in [6.45, 7) is 4.16. The van der Waals surface area contributed by atoms with Crippen LogP contribution in [-0.4, -0.2) is 28.9 Å². The van der Waals surface area contributed by atoms with Crippen molar-refractivity contribution in [2.24, 2.45) is 0 Å². The van der Waals surface area contributed by atoms with Crippen LogP contribution in [0.15, 0.2) is 54.1 Å². The van der Waals surface area contributed by atoms with E-state index in [1.807, 2.05) is 12.1 Å². The Labute approximate surface area is 167 Å². The Bertz CT molecular complexity index is 1010. The number of amides is 4. The number of carbonyl (C=O) groups excluding carboxylic acids is 3. The summed E-state index contributed by atoms with van der Waals surface area (Å²) in [6.07, 6.45) is 2.29. The molecule has 1 heterocycles. The van der Waals surface area contributed by atoms with Gasteiger partial charge in [-0.05, 0) is 53.8 Å². The predicted molar refractivity (Wildman–Crippen MR) is 108 cm³/mol. The number of hydrogen-bond donors (Lipinski definition) is 2. The number of carboxylic acids is 1. The molecule has 7 nitrogen and oxygen atoms in total. The SMILES string of the molecule is CCC(C)c1ccc(N2C(=O)NC(=O)/C(=C\c3ccc(C(=O)O)cc3)C2=O)cc1. The van der Waals surface area contributed by atoms with Crippen LogP contribution in [0.25, 0.3) is 6.08 Å². The standard InChI is InChI=1S/C22H20N2O5/c1-3-13(2)15-8-10-17(11-9-15)24-20(26)18(19(25)23-22(24)29)12-14-4-6-16(7-5-14)21(27)28/h4-13H,3H2,1-2H3,(H,27,28)(H,23,25,29)/b18-12+. The first kappa shape index (κ1) is 20.0. The van der Waals surface area contributed by atoms with E-state index in [9.17, 15) is 19.2 Å². The van der Waals surface area contributed by atoms with Crippen molar-refractivity contribution >= 4 is 35.6 Å². The van der Waals surface area contributed by atoms with E-state index >= 15 is 0 Å². The van der Waals surface area contributed by atoms with Gasteiger partial charge >= 0.3 is 12.0 Å². The van der Waals surface area contributed by atoms with Gasteiger partial charge in [0.1, 0.15) is 5.57 Å². The van der Waals surface area contributed by atoms with Crippen molar-refractivity contribution in [1.82, 2.24) is 5.32 Å². The summed E-state index contributed by atoms with van der Waals surface area (Å²) in [4.78, 5) is 49.2. The molecule has 7 heteroatoms. The first-order valence-corrected chi connectivity index (χ1v) is 9.16. The monoisotopic (exact) mass is 392 g/mol. The minimum absolute atomic E-state index is 0.0878. The minimum atomic E-state index is -1.08. The molecule has 1 aliphatic heterocycles. The summed E-state index contributed by atoms with van der Waals surface area (Å²) in [7, 11) is 0. The van der Waals surface area contributed by atoms with Gasteiger partial charge in [0.25, 0.3) is 11.8 Å². The third-order valence-electron chi connectivity index (χ3n) is 4.90. The molecule has 148 valence electrons. The number of barbiturate groups is 1. The lowest BCUT2D eigenvalue weighted by molar-refractivity contribution is -0.122. The first-order chi connectivity index (χ1) is 13.8. The lowest BCUT2D eigenvalue weighted by atomic mass is 9.98. The topological polar surface area (TPSA) is 104 Å². The highest BCUT2D eigenvalue weighted by molar-refractivity contribution is 6.39. The van der Waals surface area contributed by atoms with E-state index in [1.54, 1.807) is 12.1 Å². The highest BCUT2D eigenvalue weighted by Gasteiger charge is 2.36. The zero-order valence-corrected chi connectivity index (χ0v) is 16.0. The molecule has 2 N–H and O–H groups in total. The molecule has 0 aromatic heterocycles. The summed E-state index contributed by atoms with van der Waals surface area (Å²) < 4.78 is 0. The quantitative estimate of drug-likeness (QED) is 0.598. The molecular weight excluding hydrogens is 372 g/mol. The molecule has 1 aliphatic rings. The van der Waals surface area contributed by atoms with E-state index in [4.69, 9.17) is 5.11 Å². The molecule has 1 saturated heterocycles. The van der Waals surface area contributed by atoms with E-state index in [-0.39, 0.29) is 11.1 Å². The fourth-order valence-electron chi connectivity index (χ4n) is 2.97. The second kappa shape index (κ2) is 8.10. The van der Waals surface area contributed by atoms with Crippen LogP contribution < -0.4 is 10.2 Å². The van der Waals surface area contributed by atoms with Gasteiger partial charge in [0.2, 0.25) is 0 Å². The second-order valence-electron chi connectivity index (χ2n) is 6.79. The van der Waals surface area contributed by atoms with E-state index in [2.05, 4.69) is 19.2 Å². The van der Waals surface area contributed by atoms with E-state index in [0.717, 1.165) is 16.9 Å². The highest BCUT2D eigenvalue weighted by Crippen LogP contribution is 2.25. The normalized spacial score (nSPS) is 16.7. The molecule has 0 radical (unpaired) electrons. The maximum absolute atomic E-state index is 12.9. The summed E-state index contributed by atoms with van der Waals surface area (Å²) in [5.41, 5.74) is 1.80. The Balaban J connectivity index is 1.92. The third kappa shape index (κ3) is 4.08. The number of benzene rings is 2. The predicted octanol–water partition coefficient (Wildman–Crippen LogP) is 3.56. The molecule has 0 aliphatic carbocycles. The molecule has 1 atom stereocenters. The fraction of sp³-hybridized carbons (Fsp3) is 0.182. The summed E-state index contributed by atoms with van der Waals surface area (Å²) in [5, 5.41) is 11.1. The third-order valence-corrected chi connectivity index (χ3v) is 4.90. The molecule has 1 unspecified atom stereocenters. The largest absolute Gasteiger partial charge is 0.478 e. The number of aromatic carboxylic acids is 1. The van der Waals surface area contributed by atoms with Gasteiger partial charge in [-0.25, -0.2) is 14.5 Å². The lowest BCUT2D eigenvalue weighted by Crippen LogP contribution is -2.54. The van der Waals surface area contributed by atoms with Crippen molar-refractivity contribution in [2.45, 2.75) is 26.2 Å². The van der Waals surface area contributed by atoms with Crippen LogP contribution in [0.3, 0.4) is 0 Å². The molecule has 0 saturated carbocycles. The molecule has 0 spiro atoms. The van der Waals surface area contributed by atoms with Crippen molar-refractivity contribution in [3.05, 3.63) is 70.8 Å². The van der Waals surface area contributed by atoms with Crippen LogP contribution in [0.4, 0.5) is 10.5 Å². The van der Waals surface area contributed by atoms with Crippen LogP contribution in [0, 0.1) is 0 Å². The number of imide groups is 2. The Morgan fingerprint density at radius 1 is 1.07 bits per heavy atom. The van der Waals surface area contributed by atoms with Gasteiger partial charge in [-0.2, -0.15) is 0 Å². The van der Waals surface area contributed by atoms with Crippen LogP contribution in [-0.2, 0) is 9.59 Å². The smallest absolute Gasteiger partial charge is 0.335 e. The molecule has 29 heavy (non-hydrogen) atoms. The molecule has 4 amide bonds. The van der Waals surface area contributed by atoms with Gasteiger partial charge < -0.3 is 5.11 Å². The number of urea groups is 1. The number of hydrogen-bond acceptors (Lipinski definition) is 4. The average Bonchev–Trinajstić information content (AvgIpc) is 2.71. The summed E-state index contributed by atoms with van der Waals surface area (Å²) in [5.74, 6) is -2.26. The highest BCUT2D eigenvalue weighted by atomic mass is 16.4. The number of carboxylic acid groups (broad SMARTS) is 1. The van der Waals surface area contributed by atoms with Gasteiger partial charge in [0, 0.05) is 0 Å². The second-order valence-corrected chi connectivity index (χ2v) is 6.79. The number of anilines is 1. The summed E-state index contributed by atoms with van der Waals surface area (Å²) in [6, 6.07) is 12.0. The maximum Gasteiger partial charge on any atom is 0.335 e. The van der Waals surface area contributed by atoms with E-state index in [0.29, 0.717) is 17.2 Å². The van der Waals surface area contributed by atoms with Crippen LogP contribution in [0.1, 0.15) is 47.7 Å². The minimum Gasteiger partial charge on any atom is -0.478 e. The van der Waals surface area contributed by atoms with Crippen LogP contribution >= 0.6 is 0 Å². The molecule has 1 fully saturated rings. The Morgan fingerprint density at radius 2 is 1.69 bits per heavy atom. The van der Waals surface area contributed by atoms with Gasteiger partial charge in [0.05, 0.1) is 11.3 Å². The van der Waals surface area contributed by atoms with Gasteiger partial charge in [-0.1, -0.05) is 38.1 Å². The molecular formula is C22H20N2O5. The van der Waals surface area contributed by atoms with E-state index in [1.165, 1.54) is 30.3 Å². The van der Waals surface area contributed by atoms with Crippen molar-refractivity contribution in [3.63, 3.8) is 0 Å². The average molecular weight is 392 g/mol. The number of nitrogens with one attached hydrogen (secondary N) is 1. The number of rotatable bonds is 5. The zero-order valence-electron chi connectivity index (χ0n) is 16.0. The van der Waals surface area contributed by atoms with Crippen molar-refractivity contribution in [3.8, 4) is 0 Å². The lowest BCUT2D eigenvalue weighted by Gasteiger charge is -2.26. The van der Waals surface area contributed by atoms with Gasteiger partial charge in [-0.3, -0.25) is 14.9 Å². The number of carbonyl (C=O) groups is 4. The van der Waals surface area contributed by atoms with Crippen LogP contribution in [0.5, 0.6) is 0 Å². The number of nitrogens with zero attached hydrogens (tertiary/aromatic N) is 1. The molecule has 0 bridgehead atoms.